The van der Waals surface area contributed by atoms with Gasteiger partial charge in [-0.3, -0.25) is 0 Å². The topological polar surface area (TPSA) is 49.3 Å². The van der Waals surface area contributed by atoms with Crippen molar-refractivity contribution < 1.29 is 9.90 Å². The number of aromatic carboxylic acids is 1. The van der Waals surface area contributed by atoms with Gasteiger partial charge in [0.25, 0.3) is 0 Å². The summed E-state index contributed by atoms with van der Waals surface area (Å²) >= 11 is 0. The van der Waals surface area contributed by atoms with Gasteiger partial charge in [0, 0.05) is 11.7 Å². The fraction of sp³-hybridized carbons (Fsp3) is 0.364. The molecule has 1 saturated carbocycles. The Bertz CT molecular complexity index is 370. The quantitative estimate of drug-likeness (QED) is 0.770. The monoisotopic (exact) mass is 191 g/mol. The number of nitrogens with one attached hydrogen (secondary N) is 1. The largest absolute Gasteiger partial charge is 0.478 e. The minimum Gasteiger partial charge on any atom is -0.478 e. The van der Waals surface area contributed by atoms with Crippen LogP contribution in [0.15, 0.2) is 18.2 Å². The van der Waals surface area contributed by atoms with Crippen molar-refractivity contribution in [2.75, 3.05) is 5.32 Å². The fourth-order valence-electron chi connectivity index (χ4n) is 1.47. The van der Waals surface area contributed by atoms with Crippen LogP contribution in [0.4, 0.5) is 5.69 Å². The molecule has 0 heterocycles. The second-order valence-electron chi connectivity index (χ2n) is 3.70. The molecule has 0 aromatic heterocycles. The summed E-state index contributed by atoms with van der Waals surface area (Å²) in [5, 5.41) is 12.2. The van der Waals surface area contributed by atoms with Gasteiger partial charge in [-0.15, -0.1) is 0 Å². The van der Waals surface area contributed by atoms with Crippen molar-refractivity contribution >= 4 is 11.7 Å². The number of anilines is 1. The van der Waals surface area contributed by atoms with E-state index < -0.39 is 5.97 Å². The normalized spacial score (nSPS) is 15.2. The second-order valence-corrected chi connectivity index (χ2v) is 3.70. The van der Waals surface area contributed by atoms with Crippen LogP contribution >= 0.6 is 0 Å². The Balaban J connectivity index is 2.30. The van der Waals surface area contributed by atoms with Crippen molar-refractivity contribution in [3.63, 3.8) is 0 Å². The molecule has 2 N–H and O–H groups in total. The van der Waals surface area contributed by atoms with E-state index in [4.69, 9.17) is 5.11 Å². The molecule has 0 aliphatic heterocycles. The molecule has 3 nitrogen and oxygen atoms in total. The molecule has 0 radical (unpaired) electrons. The number of hydrogen-bond acceptors (Lipinski definition) is 2. The third kappa shape index (κ3) is 1.71. The first kappa shape index (κ1) is 9.06. The zero-order valence-electron chi connectivity index (χ0n) is 8.08. The SMILES string of the molecule is Cc1c(NC2CC2)cccc1C(=O)O. The first-order valence-corrected chi connectivity index (χ1v) is 4.78. The molecule has 0 atom stereocenters. The van der Waals surface area contributed by atoms with E-state index in [-0.39, 0.29) is 0 Å². The highest BCUT2D eigenvalue weighted by Crippen LogP contribution is 2.27. The predicted molar refractivity (Wildman–Crippen MR) is 54.8 cm³/mol. The summed E-state index contributed by atoms with van der Waals surface area (Å²) in [6.45, 7) is 1.84. The molecule has 1 aromatic carbocycles. The van der Waals surface area contributed by atoms with Gasteiger partial charge in [0.15, 0.2) is 0 Å². The van der Waals surface area contributed by atoms with Gasteiger partial charge in [-0.2, -0.15) is 0 Å². The Morgan fingerprint density at radius 1 is 1.50 bits per heavy atom. The van der Waals surface area contributed by atoms with Gasteiger partial charge < -0.3 is 10.4 Å². The van der Waals surface area contributed by atoms with E-state index in [9.17, 15) is 4.79 Å². The maximum atomic E-state index is 10.8. The average Bonchev–Trinajstić information content (AvgIpc) is 2.92. The molecule has 74 valence electrons. The van der Waals surface area contributed by atoms with Crippen molar-refractivity contribution in [3.8, 4) is 0 Å². The van der Waals surface area contributed by atoms with Crippen molar-refractivity contribution in [3.05, 3.63) is 29.3 Å². The highest BCUT2D eigenvalue weighted by Gasteiger charge is 2.22. The smallest absolute Gasteiger partial charge is 0.336 e. The lowest BCUT2D eigenvalue weighted by Gasteiger charge is -2.10. The van der Waals surface area contributed by atoms with Crippen LogP contribution in [0.3, 0.4) is 0 Å². The Morgan fingerprint density at radius 2 is 2.21 bits per heavy atom. The Kier molecular flexibility index (Phi) is 2.15. The minimum absolute atomic E-state index is 0.385. The second kappa shape index (κ2) is 3.33. The van der Waals surface area contributed by atoms with Crippen LogP contribution in [0.1, 0.15) is 28.8 Å². The van der Waals surface area contributed by atoms with Crippen LogP contribution in [0.25, 0.3) is 0 Å². The van der Waals surface area contributed by atoms with E-state index in [1.165, 1.54) is 12.8 Å². The number of rotatable bonds is 3. The zero-order chi connectivity index (χ0) is 10.1. The number of carboxylic acids is 1. The maximum absolute atomic E-state index is 10.8. The Labute approximate surface area is 82.8 Å². The van der Waals surface area contributed by atoms with Gasteiger partial charge in [-0.05, 0) is 37.5 Å². The molecule has 1 fully saturated rings. The van der Waals surface area contributed by atoms with Crippen LogP contribution in [0, 0.1) is 6.92 Å². The van der Waals surface area contributed by atoms with E-state index in [2.05, 4.69) is 5.32 Å². The molecule has 3 heteroatoms. The van der Waals surface area contributed by atoms with Crippen LogP contribution in [0.2, 0.25) is 0 Å². The molecule has 14 heavy (non-hydrogen) atoms. The van der Waals surface area contributed by atoms with Crippen molar-refractivity contribution in [2.45, 2.75) is 25.8 Å². The standard InChI is InChI=1S/C11H13NO2/c1-7-9(11(13)14)3-2-4-10(7)12-8-5-6-8/h2-4,8,12H,5-6H2,1H3,(H,13,14). The number of hydrogen-bond donors (Lipinski definition) is 2. The van der Waals surface area contributed by atoms with Gasteiger partial charge in [-0.1, -0.05) is 6.07 Å². The van der Waals surface area contributed by atoms with Crippen LogP contribution < -0.4 is 5.32 Å². The van der Waals surface area contributed by atoms with Crippen LogP contribution in [-0.2, 0) is 0 Å². The molecular weight excluding hydrogens is 178 g/mol. The average molecular weight is 191 g/mol. The van der Waals surface area contributed by atoms with E-state index in [1.807, 2.05) is 13.0 Å². The summed E-state index contributed by atoms with van der Waals surface area (Å²) < 4.78 is 0. The summed E-state index contributed by atoms with van der Waals surface area (Å²) in [6.07, 6.45) is 2.38. The summed E-state index contributed by atoms with van der Waals surface area (Å²) in [7, 11) is 0. The summed E-state index contributed by atoms with van der Waals surface area (Å²) in [5.74, 6) is -0.859. The number of carbonyl (C=O) groups is 1. The predicted octanol–water partition coefficient (Wildman–Crippen LogP) is 2.27. The Morgan fingerprint density at radius 3 is 2.79 bits per heavy atom. The third-order valence-electron chi connectivity index (χ3n) is 2.50. The van der Waals surface area contributed by atoms with Gasteiger partial charge in [0.1, 0.15) is 0 Å². The lowest BCUT2D eigenvalue weighted by Crippen LogP contribution is -2.06. The lowest BCUT2D eigenvalue weighted by atomic mass is 10.1. The van der Waals surface area contributed by atoms with E-state index in [0.717, 1.165) is 11.3 Å². The first-order valence-electron chi connectivity index (χ1n) is 4.78. The van der Waals surface area contributed by atoms with Crippen molar-refractivity contribution in [2.24, 2.45) is 0 Å². The molecule has 0 bridgehead atoms. The molecule has 1 aliphatic rings. The van der Waals surface area contributed by atoms with E-state index >= 15 is 0 Å². The Hall–Kier alpha value is -1.51. The summed E-state index contributed by atoms with van der Waals surface area (Å²) in [4.78, 5) is 10.8. The van der Waals surface area contributed by atoms with E-state index in [1.54, 1.807) is 12.1 Å². The van der Waals surface area contributed by atoms with Crippen LogP contribution in [-0.4, -0.2) is 17.1 Å². The highest BCUT2D eigenvalue weighted by molar-refractivity contribution is 5.91. The number of carboxylic acid groups (broad SMARTS) is 1. The third-order valence-corrected chi connectivity index (χ3v) is 2.50. The van der Waals surface area contributed by atoms with E-state index in [0.29, 0.717) is 11.6 Å². The highest BCUT2D eigenvalue weighted by atomic mass is 16.4. The van der Waals surface area contributed by atoms with Gasteiger partial charge in [0.05, 0.1) is 5.56 Å². The lowest BCUT2D eigenvalue weighted by molar-refractivity contribution is 0.0696. The van der Waals surface area contributed by atoms with Crippen LogP contribution in [0.5, 0.6) is 0 Å². The summed E-state index contributed by atoms with van der Waals surface area (Å²) in [6, 6.07) is 5.90. The van der Waals surface area contributed by atoms with Gasteiger partial charge in [-0.25, -0.2) is 4.79 Å². The summed E-state index contributed by atoms with van der Waals surface area (Å²) in [5.41, 5.74) is 2.16. The molecular formula is C11H13NO2. The van der Waals surface area contributed by atoms with Crippen molar-refractivity contribution in [1.82, 2.24) is 0 Å². The fourth-order valence-corrected chi connectivity index (χ4v) is 1.47. The molecule has 0 amide bonds. The first-order chi connectivity index (χ1) is 6.68. The van der Waals surface area contributed by atoms with Crippen molar-refractivity contribution in [1.29, 1.82) is 0 Å². The molecule has 0 saturated heterocycles. The molecule has 1 aromatic rings. The molecule has 0 spiro atoms. The minimum atomic E-state index is -0.859. The molecule has 1 aliphatic carbocycles. The molecule has 0 unspecified atom stereocenters. The number of benzene rings is 1. The van der Waals surface area contributed by atoms with Gasteiger partial charge >= 0.3 is 5.97 Å². The maximum Gasteiger partial charge on any atom is 0.336 e. The van der Waals surface area contributed by atoms with Gasteiger partial charge in [0.2, 0.25) is 0 Å². The zero-order valence-corrected chi connectivity index (χ0v) is 8.08. The molecule has 2 rings (SSSR count).